The fourth-order valence-electron chi connectivity index (χ4n) is 3.41. The molecule has 1 heterocycles. The Labute approximate surface area is 200 Å². The van der Waals surface area contributed by atoms with Crippen molar-refractivity contribution in [1.29, 1.82) is 0 Å². The van der Waals surface area contributed by atoms with Gasteiger partial charge in [-0.05, 0) is 79.6 Å². The molecule has 0 amide bonds. The van der Waals surface area contributed by atoms with Gasteiger partial charge >= 0.3 is 5.97 Å². The number of thioether (sulfide) groups is 1. The van der Waals surface area contributed by atoms with Gasteiger partial charge < -0.3 is 10.4 Å². The highest BCUT2D eigenvalue weighted by atomic mass is 32.2. The Hall–Kier alpha value is -1.75. The average Bonchev–Trinajstić information content (AvgIpc) is 3.23. The summed E-state index contributed by atoms with van der Waals surface area (Å²) in [6, 6.07) is -0.555. The molecule has 0 aromatic carbocycles. The lowest BCUT2D eigenvalue weighted by Gasteiger charge is -2.14. The van der Waals surface area contributed by atoms with Crippen LogP contribution in [0, 0.1) is 0 Å². The van der Waals surface area contributed by atoms with Crippen molar-refractivity contribution >= 4 is 23.6 Å². The van der Waals surface area contributed by atoms with Gasteiger partial charge in [0.05, 0.1) is 5.84 Å². The Balaban J connectivity index is 2.23. The zero-order chi connectivity index (χ0) is 23.8. The highest BCUT2D eigenvalue weighted by Crippen LogP contribution is 2.14. The lowest BCUT2D eigenvalue weighted by atomic mass is 10.0. The fraction of sp³-hybridized carbons (Fsp3) is 0.630. The molecule has 1 aliphatic heterocycles. The molecule has 0 aromatic heterocycles. The number of carboxylic acids is 1. The molecule has 4 nitrogen and oxygen atoms in total. The quantitative estimate of drug-likeness (QED) is 0.202. The number of allylic oxidation sites excluding steroid dienone is 7. The summed E-state index contributed by atoms with van der Waals surface area (Å²) in [6.07, 6.45) is 17.9. The van der Waals surface area contributed by atoms with E-state index in [1.54, 1.807) is 11.8 Å². The Morgan fingerprint density at radius 1 is 0.969 bits per heavy atom. The smallest absolute Gasteiger partial charge is 0.327 e. The van der Waals surface area contributed by atoms with Crippen molar-refractivity contribution in [2.75, 3.05) is 18.1 Å². The molecule has 1 unspecified atom stereocenters. The Morgan fingerprint density at radius 3 is 2.03 bits per heavy atom. The van der Waals surface area contributed by atoms with E-state index in [-0.39, 0.29) is 0 Å². The number of aliphatic imine (C=N–C) groups is 1. The van der Waals surface area contributed by atoms with E-state index >= 15 is 0 Å². The first-order valence-corrected chi connectivity index (χ1v) is 13.1. The van der Waals surface area contributed by atoms with Gasteiger partial charge in [0, 0.05) is 24.5 Å². The van der Waals surface area contributed by atoms with Crippen LogP contribution < -0.4 is 5.32 Å². The largest absolute Gasteiger partial charge is 0.480 e. The molecular weight excluding hydrogens is 416 g/mol. The monoisotopic (exact) mass is 460 g/mol. The molecule has 2 N–H and O–H groups in total. The van der Waals surface area contributed by atoms with Gasteiger partial charge in [-0.15, -0.1) is 0 Å². The van der Waals surface area contributed by atoms with Crippen molar-refractivity contribution < 1.29 is 9.90 Å². The van der Waals surface area contributed by atoms with Crippen LogP contribution in [0.25, 0.3) is 0 Å². The first kappa shape index (κ1) is 28.3. The van der Waals surface area contributed by atoms with Crippen LogP contribution in [0.15, 0.2) is 51.6 Å². The number of carbonyl (C=O) groups is 1. The standard InChI is InChI=1S/C27H44N2O2S/c1-21(2)10-6-11-22(3)12-7-13-23(4)14-8-15-24(5)17-19-32-20-25(27(30)31)29-26-16-9-18-28-26/h10,12,14,17,25H,6-9,11,13,15-16,18-20H2,1-5H3,(H,28,29)(H,30,31). The fourth-order valence-corrected chi connectivity index (χ4v) is 4.41. The van der Waals surface area contributed by atoms with E-state index in [2.05, 4.69) is 69.2 Å². The van der Waals surface area contributed by atoms with Crippen LogP contribution in [-0.2, 0) is 4.79 Å². The second-order valence-electron chi connectivity index (χ2n) is 9.05. The average molecular weight is 461 g/mol. The zero-order valence-electron chi connectivity index (χ0n) is 20.9. The molecule has 5 heteroatoms. The molecule has 0 aromatic rings. The molecule has 0 radical (unpaired) electrons. The number of nitrogens with one attached hydrogen (secondary N) is 1. The van der Waals surface area contributed by atoms with Gasteiger partial charge in [0.1, 0.15) is 6.04 Å². The van der Waals surface area contributed by atoms with Crippen molar-refractivity contribution in [3.05, 3.63) is 46.6 Å². The third kappa shape index (κ3) is 14.3. The lowest BCUT2D eigenvalue weighted by molar-refractivity contribution is -0.138. The minimum Gasteiger partial charge on any atom is -0.480 e. The summed E-state index contributed by atoms with van der Waals surface area (Å²) in [4.78, 5) is 15.8. The number of nitrogens with zero attached hydrogens (tertiary/aromatic N) is 1. The van der Waals surface area contributed by atoms with Crippen LogP contribution in [-0.4, -0.2) is 41.0 Å². The second kappa shape index (κ2) is 16.8. The van der Waals surface area contributed by atoms with Crippen molar-refractivity contribution in [1.82, 2.24) is 5.32 Å². The molecule has 1 rings (SSSR count). The van der Waals surface area contributed by atoms with Crippen LogP contribution in [0.4, 0.5) is 0 Å². The zero-order valence-corrected chi connectivity index (χ0v) is 21.7. The van der Waals surface area contributed by atoms with Crippen LogP contribution >= 0.6 is 11.8 Å². The third-order valence-corrected chi connectivity index (χ3v) is 6.47. The minimum absolute atomic E-state index is 0.554. The highest BCUT2D eigenvalue weighted by molar-refractivity contribution is 7.99. The maximum absolute atomic E-state index is 11.4. The molecule has 0 bridgehead atoms. The molecule has 0 saturated carbocycles. The summed E-state index contributed by atoms with van der Waals surface area (Å²) in [6.45, 7) is 11.8. The van der Waals surface area contributed by atoms with Crippen molar-refractivity contribution in [2.24, 2.45) is 4.99 Å². The summed E-state index contributed by atoms with van der Waals surface area (Å²) in [5.41, 5.74) is 5.72. The highest BCUT2D eigenvalue weighted by Gasteiger charge is 2.19. The number of hydrogen-bond donors (Lipinski definition) is 2. The Bertz CT molecular complexity index is 728. The van der Waals surface area contributed by atoms with Gasteiger partial charge in [0.25, 0.3) is 0 Å². The Kier molecular flexibility index (Phi) is 14.9. The molecule has 1 atom stereocenters. The molecule has 0 spiro atoms. The lowest BCUT2D eigenvalue weighted by Crippen LogP contribution is -2.42. The maximum atomic E-state index is 11.4. The van der Waals surface area contributed by atoms with Gasteiger partial charge in [-0.3, -0.25) is 4.99 Å². The number of aliphatic carboxylic acids is 1. The first-order valence-electron chi connectivity index (χ1n) is 12.0. The molecule has 32 heavy (non-hydrogen) atoms. The van der Waals surface area contributed by atoms with Gasteiger partial charge in [0.2, 0.25) is 0 Å². The van der Waals surface area contributed by atoms with Crippen molar-refractivity contribution in [3.8, 4) is 0 Å². The maximum Gasteiger partial charge on any atom is 0.327 e. The van der Waals surface area contributed by atoms with Crippen LogP contribution in [0.3, 0.4) is 0 Å². The summed E-state index contributed by atoms with van der Waals surface area (Å²) in [5, 5.41) is 12.5. The number of carboxylic acid groups (broad SMARTS) is 1. The topological polar surface area (TPSA) is 61.7 Å². The van der Waals surface area contributed by atoms with E-state index in [1.165, 1.54) is 22.3 Å². The van der Waals surface area contributed by atoms with E-state index < -0.39 is 12.0 Å². The van der Waals surface area contributed by atoms with Crippen LogP contribution in [0.2, 0.25) is 0 Å². The van der Waals surface area contributed by atoms with E-state index in [9.17, 15) is 9.90 Å². The SMILES string of the molecule is CC(C)=CCCC(C)=CCCC(C)=CCCC(C)=CCSCC(NC1=NCCC1)C(=O)O. The molecule has 0 fully saturated rings. The summed E-state index contributed by atoms with van der Waals surface area (Å²) in [5.74, 6) is 1.45. The van der Waals surface area contributed by atoms with Crippen molar-refractivity contribution in [3.63, 3.8) is 0 Å². The predicted molar refractivity (Wildman–Crippen MR) is 142 cm³/mol. The number of amidine groups is 1. The van der Waals surface area contributed by atoms with Gasteiger partial charge in [-0.1, -0.05) is 46.6 Å². The van der Waals surface area contributed by atoms with Crippen molar-refractivity contribution in [2.45, 2.75) is 92.0 Å². The van der Waals surface area contributed by atoms with Crippen LogP contribution in [0.5, 0.6) is 0 Å². The third-order valence-electron chi connectivity index (χ3n) is 5.50. The summed E-state index contributed by atoms with van der Waals surface area (Å²) >= 11 is 1.66. The van der Waals surface area contributed by atoms with E-state index in [4.69, 9.17) is 0 Å². The molecule has 0 aliphatic carbocycles. The van der Waals surface area contributed by atoms with E-state index in [0.717, 1.165) is 69.5 Å². The normalized spacial score (nSPS) is 16.0. The minimum atomic E-state index is -0.800. The molecule has 1 aliphatic rings. The van der Waals surface area contributed by atoms with E-state index in [1.807, 2.05) is 0 Å². The first-order chi connectivity index (χ1) is 15.3. The molecule has 180 valence electrons. The van der Waals surface area contributed by atoms with Gasteiger partial charge in [0.15, 0.2) is 0 Å². The Morgan fingerprint density at radius 2 is 1.53 bits per heavy atom. The molecule has 0 saturated heterocycles. The van der Waals surface area contributed by atoms with Gasteiger partial charge in [-0.25, -0.2) is 4.79 Å². The summed E-state index contributed by atoms with van der Waals surface area (Å²) < 4.78 is 0. The van der Waals surface area contributed by atoms with E-state index in [0.29, 0.717) is 5.75 Å². The molecular formula is C27H44N2O2S. The second-order valence-corrected chi connectivity index (χ2v) is 10.1. The van der Waals surface area contributed by atoms with Crippen LogP contribution in [0.1, 0.15) is 86.0 Å². The predicted octanol–water partition coefficient (Wildman–Crippen LogP) is 7.10. The number of hydrogen-bond acceptors (Lipinski definition) is 4. The number of rotatable bonds is 15. The van der Waals surface area contributed by atoms with Gasteiger partial charge in [-0.2, -0.15) is 11.8 Å². The summed E-state index contributed by atoms with van der Waals surface area (Å²) in [7, 11) is 0.